The van der Waals surface area contributed by atoms with Crippen molar-refractivity contribution in [1.82, 2.24) is 14.9 Å². The largest absolute Gasteiger partial charge is 0.494 e. The molecule has 0 spiro atoms. The fraction of sp³-hybridized carbons (Fsp3) is 0.263. The summed E-state index contributed by atoms with van der Waals surface area (Å²) in [5.41, 5.74) is 2.70. The molecule has 0 aliphatic heterocycles. The van der Waals surface area contributed by atoms with Crippen molar-refractivity contribution < 1.29 is 9.53 Å². The number of imidazole rings is 1. The molecule has 0 bridgehead atoms. The van der Waals surface area contributed by atoms with Gasteiger partial charge in [0.15, 0.2) is 0 Å². The summed E-state index contributed by atoms with van der Waals surface area (Å²) >= 11 is 0. The van der Waals surface area contributed by atoms with Gasteiger partial charge in [-0.25, -0.2) is 4.98 Å². The maximum absolute atomic E-state index is 12.2. The van der Waals surface area contributed by atoms with Crippen LogP contribution in [0, 0.1) is 6.92 Å². The van der Waals surface area contributed by atoms with Gasteiger partial charge in [0, 0.05) is 18.7 Å². The molecule has 24 heavy (non-hydrogen) atoms. The van der Waals surface area contributed by atoms with E-state index < -0.39 is 0 Å². The molecule has 0 aliphatic carbocycles. The van der Waals surface area contributed by atoms with E-state index in [1.807, 2.05) is 50.2 Å². The topological polar surface area (TPSA) is 56.1 Å². The minimum atomic E-state index is -0.0832. The van der Waals surface area contributed by atoms with Gasteiger partial charge >= 0.3 is 0 Å². The molecule has 124 valence electrons. The molecule has 5 nitrogen and oxygen atoms in total. The standard InChI is InChI=1S/C19H21N3O2/c1-3-24-16-10-8-15(9-11-16)19(23)20-12-13-22-14(2)21-17-6-4-5-7-18(17)22/h4-11H,3,12-13H2,1-2H3,(H,20,23). The van der Waals surface area contributed by atoms with E-state index >= 15 is 0 Å². The number of ether oxygens (including phenoxy) is 1. The average Bonchev–Trinajstić information content (AvgIpc) is 2.91. The Morgan fingerprint density at radius 2 is 1.92 bits per heavy atom. The Morgan fingerprint density at radius 3 is 2.67 bits per heavy atom. The van der Waals surface area contributed by atoms with Gasteiger partial charge in [0.2, 0.25) is 0 Å². The first-order chi connectivity index (χ1) is 11.7. The van der Waals surface area contributed by atoms with E-state index in [1.54, 1.807) is 12.1 Å². The number of benzene rings is 2. The van der Waals surface area contributed by atoms with Gasteiger partial charge in [0.1, 0.15) is 11.6 Å². The molecule has 0 atom stereocenters. The summed E-state index contributed by atoms with van der Waals surface area (Å²) in [5, 5.41) is 2.95. The van der Waals surface area contributed by atoms with Gasteiger partial charge in [-0.1, -0.05) is 12.1 Å². The molecule has 1 N–H and O–H groups in total. The van der Waals surface area contributed by atoms with Crippen molar-refractivity contribution in [3.63, 3.8) is 0 Å². The molecule has 0 fully saturated rings. The van der Waals surface area contributed by atoms with Gasteiger partial charge in [-0.05, 0) is 50.2 Å². The van der Waals surface area contributed by atoms with Crippen molar-refractivity contribution in [2.45, 2.75) is 20.4 Å². The maximum atomic E-state index is 12.2. The number of rotatable bonds is 6. The molecule has 5 heteroatoms. The number of hydrogen-bond donors (Lipinski definition) is 1. The number of hydrogen-bond acceptors (Lipinski definition) is 3. The van der Waals surface area contributed by atoms with E-state index in [0.717, 1.165) is 22.6 Å². The van der Waals surface area contributed by atoms with E-state index in [4.69, 9.17) is 4.74 Å². The van der Waals surface area contributed by atoms with E-state index in [-0.39, 0.29) is 5.91 Å². The van der Waals surface area contributed by atoms with Crippen LogP contribution in [0.2, 0.25) is 0 Å². The highest BCUT2D eigenvalue weighted by Crippen LogP contribution is 2.15. The molecule has 0 saturated heterocycles. The fourth-order valence-electron chi connectivity index (χ4n) is 2.73. The molecule has 0 aliphatic rings. The normalized spacial score (nSPS) is 10.8. The first kappa shape index (κ1) is 16.1. The molecule has 0 unspecified atom stereocenters. The van der Waals surface area contributed by atoms with Crippen LogP contribution >= 0.6 is 0 Å². The zero-order valence-corrected chi connectivity index (χ0v) is 14.0. The number of aromatic nitrogens is 2. The Bertz CT molecular complexity index is 837. The van der Waals surface area contributed by atoms with Crippen LogP contribution in [0.4, 0.5) is 0 Å². The molecule has 1 aromatic heterocycles. The third-order valence-corrected chi connectivity index (χ3v) is 3.89. The first-order valence-electron chi connectivity index (χ1n) is 8.12. The predicted octanol–water partition coefficient (Wildman–Crippen LogP) is 3.17. The number of nitrogens with one attached hydrogen (secondary N) is 1. The highest BCUT2D eigenvalue weighted by Gasteiger charge is 2.08. The van der Waals surface area contributed by atoms with Crippen LogP contribution in [-0.2, 0) is 6.54 Å². The summed E-state index contributed by atoms with van der Waals surface area (Å²) in [7, 11) is 0. The van der Waals surface area contributed by atoms with Crippen molar-refractivity contribution >= 4 is 16.9 Å². The zero-order valence-electron chi connectivity index (χ0n) is 14.0. The Labute approximate surface area is 141 Å². The lowest BCUT2D eigenvalue weighted by Gasteiger charge is -2.09. The Kier molecular flexibility index (Phi) is 4.79. The van der Waals surface area contributed by atoms with Gasteiger partial charge in [0.25, 0.3) is 5.91 Å². The summed E-state index contributed by atoms with van der Waals surface area (Å²) in [6.07, 6.45) is 0. The number of fused-ring (bicyclic) bond motifs is 1. The lowest BCUT2D eigenvalue weighted by molar-refractivity contribution is 0.0952. The van der Waals surface area contributed by atoms with Crippen molar-refractivity contribution in [1.29, 1.82) is 0 Å². The van der Waals surface area contributed by atoms with Crippen LogP contribution in [0.5, 0.6) is 5.75 Å². The second-order valence-corrected chi connectivity index (χ2v) is 5.51. The second-order valence-electron chi connectivity index (χ2n) is 5.51. The SMILES string of the molecule is CCOc1ccc(C(=O)NCCn2c(C)nc3ccccc32)cc1. The lowest BCUT2D eigenvalue weighted by atomic mass is 10.2. The minimum absolute atomic E-state index is 0.0832. The molecule has 3 rings (SSSR count). The quantitative estimate of drug-likeness (QED) is 0.758. The highest BCUT2D eigenvalue weighted by atomic mass is 16.5. The minimum Gasteiger partial charge on any atom is -0.494 e. The van der Waals surface area contributed by atoms with Crippen LogP contribution in [0.3, 0.4) is 0 Å². The molecule has 3 aromatic rings. The van der Waals surface area contributed by atoms with Crippen molar-refractivity contribution in [3.05, 3.63) is 59.9 Å². The van der Waals surface area contributed by atoms with Crippen LogP contribution in [0.25, 0.3) is 11.0 Å². The molecular weight excluding hydrogens is 302 g/mol. The monoisotopic (exact) mass is 323 g/mol. The lowest BCUT2D eigenvalue weighted by Crippen LogP contribution is -2.27. The number of carbonyl (C=O) groups is 1. The van der Waals surface area contributed by atoms with Crippen molar-refractivity contribution in [3.8, 4) is 5.75 Å². The predicted molar refractivity (Wildman–Crippen MR) is 94.4 cm³/mol. The summed E-state index contributed by atoms with van der Waals surface area (Å²) < 4.78 is 7.50. The maximum Gasteiger partial charge on any atom is 0.251 e. The third-order valence-electron chi connectivity index (χ3n) is 3.89. The van der Waals surface area contributed by atoms with E-state index in [0.29, 0.717) is 25.3 Å². The van der Waals surface area contributed by atoms with Gasteiger partial charge in [-0.2, -0.15) is 0 Å². The number of aryl methyl sites for hydroxylation is 1. The number of amides is 1. The molecule has 0 radical (unpaired) electrons. The number of nitrogens with zero attached hydrogens (tertiary/aromatic N) is 2. The molecule has 0 saturated carbocycles. The van der Waals surface area contributed by atoms with Crippen LogP contribution in [0.15, 0.2) is 48.5 Å². The van der Waals surface area contributed by atoms with E-state index in [2.05, 4.69) is 14.9 Å². The summed E-state index contributed by atoms with van der Waals surface area (Å²) in [6.45, 7) is 5.77. The third kappa shape index (κ3) is 3.40. The smallest absolute Gasteiger partial charge is 0.251 e. The second kappa shape index (κ2) is 7.17. The van der Waals surface area contributed by atoms with Crippen molar-refractivity contribution in [2.24, 2.45) is 0 Å². The van der Waals surface area contributed by atoms with Crippen LogP contribution in [0.1, 0.15) is 23.1 Å². The molecule has 1 amide bonds. The first-order valence-corrected chi connectivity index (χ1v) is 8.12. The Hall–Kier alpha value is -2.82. The van der Waals surface area contributed by atoms with Gasteiger partial charge in [-0.15, -0.1) is 0 Å². The molecular formula is C19H21N3O2. The van der Waals surface area contributed by atoms with Crippen LogP contribution < -0.4 is 10.1 Å². The zero-order chi connectivity index (χ0) is 16.9. The fourth-order valence-corrected chi connectivity index (χ4v) is 2.73. The van der Waals surface area contributed by atoms with Crippen molar-refractivity contribution in [2.75, 3.05) is 13.2 Å². The Morgan fingerprint density at radius 1 is 1.17 bits per heavy atom. The molecule has 1 heterocycles. The number of para-hydroxylation sites is 2. The summed E-state index contributed by atoms with van der Waals surface area (Å²) in [6, 6.07) is 15.2. The van der Waals surface area contributed by atoms with Gasteiger partial charge < -0.3 is 14.6 Å². The molecule has 2 aromatic carbocycles. The number of carbonyl (C=O) groups excluding carboxylic acids is 1. The van der Waals surface area contributed by atoms with Crippen LogP contribution in [-0.4, -0.2) is 28.6 Å². The summed E-state index contributed by atoms with van der Waals surface area (Å²) in [4.78, 5) is 16.7. The van der Waals surface area contributed by atoms with E-state index in [1.165, 1.54) is 0 Å². The Balaban J connectivity index is 1.61. The van der Waals surface area contributed by atoms with E-state index in [9.17, 15) is 4.79 Å². The average molecular weight is 323 g/mol. The summed E-state index contributed by atoms with van der Waals surface area (Å²) in [5.74, 6) is 1.64. The van der Waals surface area contributed by atoms with Gasteiger partial charge in [0.05, 0.1) is 17.6 Å². The van der Waals surface area contributed by atoms with Gasteiger partial charge in [-0.3, -0.25) is 4.79 Å². The highest BCUT2D eigenvalue weighted by molar-refractivity contribution is 5.94.